The van der Waals surface area contributed by atoms with E-state index in [0.717, 1.165) is 96.3 Å². The lowest BCUT2D eigenvalue weighted by molar-refractivity contribution is -0.161. The van der Waals surface area contributed by atoms with Crippen molar-refractivity contribution in [2.24, 2.45) is 0 Å². The Morgan fingerprint density at radius 2 is 0.500 bits per heavy atom. The Labute approximate surface area is 486 Å². The third-order valence-electron chi connectivity index (χ3n) is 14.1. The van der Waals surface area contributed by atoms with E-state index in [1.165, 1.54) is 135 Å². The Balaban J connectivity index is 5.22. The zero-order chi connectivity index (χ0) is 59.1. The van der Waals surface area contributed by atoms with Crippen LogP contribution in [0.25, 0.3) is 0 Å². The molecule has 0 saturated heterocycles. The largest absolute Gasteiger partial charge is 0.472 e. The van der Waals surface area contributed by atoms with Crippen LogP contribution < -0.4 is 0 Å². The van der Waals surface area contributed by atoms with E-state index in [0.29, 0.717) is 25.7 Å². The van der Waals surface area contributed by atoms with Crippen LogP contribution >= 0.6 is 15.6 Å². The fourth-order valence-electron chi connectivity index (χ4n) is 9.10. The van der Waals surface area contributed by atoms with Crippen LogP contribution in [0.1, 0.15) is 310 Å². The second-order valence-corrected chi connectivity index (χ2v) is 25.0. The highest BCUT2D eigenvalue weighted by atomic mass is 31.2. The first-order valence-corrected chi connectivity index (χ1v) is 35.3. The number of rotatable bonds is 62. The average Bonchev–Trinajstić information content (AvgIpc) is 3.43. The number of carbonyl (C=O) groups is 4. The van der Waals surface area contributed by atoms with E-state index >= 15 is 0 Å². The molecule has 2 unspecified atom stereocenters. The van der Waals surface area contributed by atoms with E-state index in [4.69, 9.17) is 37.0 Å². The van der Waals surface area contributed by atoms with Gasteiger partial charge in [0, 0.05) is 25.7 Å². The molecule has 0 aliphatic carbocycles. The number of aliphatic hydroxyl groups is 1. The van der Waals surface area contributed by atoms with Crippen LogP contribution in [0.15, 0.2) is 0 Å². The highest BCUT2D eigenvalue weighted by molar-refractivity contribution is 7.47. The number of aliphatic hydroxyl groups excluding tert-OH is 1. The van der Waals surface area contributed by atoms with Gasteiger partial charge in [0.25, 0.3) is 0 Å². The first kappa shape index (κ1) is 78.1. The van der Waals surface area contributed by atoms with Crippen LogP contribution in [0.4, 0.5) is 0 Å². The molecule has 0 bridgehead atoms. The number of hydrogen-bond acceptors (Lipinski definition) is 15. The Bertz CT molecular complexity index is 1550. The Hall–Kier alpha value is -1.94. The van der Waals surface area contributed by atoms with Gasteiger partial charge in [-0.15, -0.1) is 0 Å². The van der Waals surface area contributed by atoms with Gasteiger partial charge in [-0.25, -0.2) is 9.13 Å². The molecule has 17 nitrogen and oxygen atoms in total. The van der Waals surface area contributed by atoms with Gasteiger partial charge in [0.05, 0.1) is 26.4 Å². The van der Waals surface area contributed by atoms with Crippen molar-refractivity contribution in [3.05, 3.63) is 0 Å². The van der Waals surface area contributed by atoms with E-state index in [-0.39, 0.29) is 25.7 Å². The van der Waals surface area contributed by atoms with Crippen molar-refractivity contribution >= 4 is 39.5 Å². The monoisotopic (exact) mass is 1180 g/mol. The van der Waals surface area contributed by atoms with Crippen molar-refractivity contribution in [3.63, 3.8) is 0 Å². The number of hydrogen-bond donors (Lipinski definition) is 3. The number of esters is 4. The third-order valence-corrected chi connectivity index (χ3v) is 16.0. The van der Waals surface area contributed by atoms with Crippen LogP contribution in [-0.4, -0.2) is 96.7 Å². The number of ether oxygens (including phenoxy) is 4. The maximum absolute atomic E-state index is 12.9. The normalized spacial score (nSPS) is 14.2. The molecule has 0 aromatic rings. The highest BCUT2D eigenvalue weighted by Gasteiger charge is 2.30. The first-order valence-electron chi connectivity index (χ1n) is 32.3. The van der Waals surface area contributed by atoms with Gasteiger partial charge in [-0.1, -0.05) is 259 Å². The van der Waals surface area contributed by atoms with Gasteiger partial charge in [0.15, 0.2) is 12.2 Å². The molecule has 0 spiro atoms. The predicted molar refractivity (Wildman–Crippen MR) is 317 cm³/mol. The smallest absolute Gasteiger partial charge is 0.462 e. The number of phosphoric ester groups is 2. The van der Waals surface area contributed by atoms with Gasteiger partial charge >= 0.3 is 39.5 Å². The van der Waals surface area contributed by atoms with Crippen LogP contribution in [-0.2, 0) is 65.4 Å². The van der Waals surface area contributed by atoms with Crippen molar-refractivity contribution < 1.29 is 80.2 Å². The average molecular weight is 1190 g/mol. The first-order chi connectivity index (χ1) is 38.7. The molecule has 0 amide bonds. The van der Waals surface area contributed by atoms with Crippen molar-refractivity contribution in [2.75, 3.05) is 39.6 Å². The molecule has 0 aliphatic rings. The van der Waals surface area contributed by atoms with Gasteiger partial charge in [-0.05, 0) is 25.7 Å². The fourth-order valence-corrected chi connectivity index (χ4v) is 10.7. The lowest BCUT2D eigenvalue weighted by Gasteiger charge is -2.21. The molecule has 0 aliphatic heterocycles. The summed E-state index contributed by atoms with van der Waals surface area (Å²) < 4.78 is 67.8. The van der Waals surface area contributed by atoms with E-state index in [1.54, 1.807) is 0 Å². The van der Waals surface area contributed by atoms with Gasteiger partial charge in [-0.2, -0.15) is 0 Å². The summed E-state index contributed by atoms with van der Waals surface area (Å²) in [5.41, 5.74) is 0. The van der Waals surface area contributed by atoms with Crippen molar-refractivity contribution in [2.45, 2.75) is 329 Å². The van der Waals surface area contributed by atoms with Gasteiger partial charge in [0.1, 0.15) is 19.3 Å². The summed E-state index contributed by atoms with van der Waals surface area (Å²) in [4.78, 5) is 72.0. The SMILES string of the molecule is CCCCCCCCCCCCCC(=O)OC[C@H](COP(=O)(O)OC[C@@H](O)COP(=O)(O)OC[C@@H](COC(=O)CCCCCCCCCC)OC(=O)CCCCCCCCCCCC)OC(=O)CCCCCCCCCCCCC. The second-order valence-electron chi connectivity index (χ2n) is 22.1. The molecule has 5 atom stereocenters. The summed E-state index contributed by atoms with van der Waals surface area (Å²) in [5.74, 6) is -2.14. The lowest BCUT2D eigenvalue weighted by atomic mass is 10.1. The molecule has 0 fully saturated rings. The summed E-state index contributed by atoms with van der Waals surface area (Å²) in [6, 6.07) is 0. The molecule has 3 N–H and O–H groups in total. The lowest BCUT2D eigenvalue weighted by Crippen LogP contribution is -2.30. The van der Waals surface area contributed by atoms with Crippen molar-refractivity contribution in [1.82, 2.24) is 0 Å². The molecule has 0 saturated carbocycles. The molecule has 0 aromatic carbocycles. The number of carbonyl (C=O) groups excluding carboxylic acids is 4. The van der Waals surface area contributed by atoms with Crippen LogP contribution in [0.3, 0.4) is 0 Å². The maximum atomic E-state index is 12.9. The highest BCUT2D eigenvalue weighted by Crippen LogP contribution is 2.45. The predicted octanol–water partition coefficient (Wildman–Crippen LogP) is 16.8. The molecule has 474 valence electrons. The van der Waals surface area contributed by atoms with E-state index in [9.17, 15) is 43.2 Å². The minimum atomic E-state index is -4.94. The molecule has 19 heteroatoms. The fraction of sp³-hybridized carbons (Fsp3) is 0.934. The third kappa shape index (κ3) is 55.3. The zero-order valence-corrected chi connectivity index (χ0v) is 52.8. The summed E-state index contributed by atoms with van der Waals surface area (Å²) in [6.07, 6.45) is 40.2. The Morgan fingerprint density at radius 3 is 0.738 bits per heavy atom. The molecule has 0 radical (unpaired) electrons. The van der Waals surface area contributed by atoms with Gasteiger partial charge in [0.2, 0.25) is 0 Å². The molecular formula is C61H118O17P2. The standard InChI is InChI=1S/C61H118O17P2/c1-5-9-13-17-21-25-28-31-34-38-42-46-59(64)72-52-57(78-61(66)48-44-40-36-32-29-26-22-18-14-10-6-2)54-76-80(69,70)74-50-55(62)49-73-79(67,68)75-53-56(51-71-58(63)45-41-37-33-24-20-16-12-8-4)77-60(65)47-43-39-35-30-27-23-19-15-11-7-3/h55-57,62H,5-54H2,1-4H3,(H,67,68)(H,69,70)/t55-,56+,57+/m0/s1. The minimum absolute atomic E-state index is 0.106. The Morgan fingerprint density at radius 1 is 0.300 bits per heavy atom. The number of phosphoric acid groups is 2. The molecule has 0 rings (SSSR count). The number of unbranched alkanes of at least 4 members (excludes halogenated alkanes) is 36. The zero-order valence-electron chi connectivity index (χ0n) is 51.0. The van der Waals surface area contributed by atoms with E-state index < -0.39 is 97.5 Å². The maximum Gasteiger partial charge on any atom is 0.472 e. The summed E-state index contributed by atoms with van der Waals surface area (Å²) in [5, 5.41) is 10.5. The van der Waals surface area contributed by atoms with Crippen LogP contribution in [0, 0.1) is 0 Å². The van der Waals surface area contributed by atoms with Crippen LogP contribution in [0.5, 0.6) is 0 Å². The van der Waals surface area contributed by atoms with E-state index in [2.05, 4.69) is 27.7 Å². The second kappa shape index (κ2) is 56.2. The topological polar surface area (TPSA) is 237 Å². The van der Waals surface area contributed by atoms with E-state index in [1.807, 2.05) is 0 Å². The molecule has 80 heavy (non-hydrogen) atoms. The minimum Gasteiger partial charge on any atom is -0.462 e. The summed E-state index contributed by atoms with van der Waals surface area (Å²) >= 11 is 0. The molecule has 0 heterocycles. The summed E-state index contributed by atoms with van der Waals surface area (Å²) in [6.45, 7) is 4.83. The Kier molecular flexibility index (Phi) is 54.8. The van der Waals surface area contributed by atoms with Crippen molar-refractivity contribution in [1.29, 1.82) is 0 Å². The molecule has 0 aromatic heterocycles. The molecular weight excluding hydrogens is 1070 g/mol. The van der Waals surface area contributed by atoms with Gasteiger partial charge < -0.3 is 33.8 Å². The van der Waals surface area contributed by atoms with Gasteiger partial charge in [-0.3, -0.25) is 37.3 Å². The quantitative estimate of drug-likeness (QED) is 0.0222. The van der Waals surface area contributed by atoms with Crippen molar-refractivity contribution in [3.8, 4) is 0 Å². The van der Waals surface area contributed by atoms with Crippen LogP contribution in [0.2, 0.25) is 0 Å². The summed E-state index contributed by atoms with van der Waals surface area (Å²) in [7, 11) is -9.87.